The van der Waals surface area contributed by atoms with Gasteiger partial charge in [-0.05, 0) is 97.2 Å². The van der Waals surface area contributed by atoms with Gasteiger partial charge in [0.2, 0.25) is 5.91 Å². The Hall–Kier alpha value is -4.77. The summed E-state index contributed by atoms with van der Waals surface area (Å²) in [4.78, 5) is 31.2. The predicted octanol–water partition coefficient (Wildman–Crippen LogP) is 3.37. The van der Waals surface area contributed by atoms with Gasteiger partial charge in [0, 0.05) is 18.5 Å². The number of carbonyl (C=O) groups is 2. The number of carbonyl (C=O) groups excluding carboxylic acids is 2. The van der Waals surface area contributed by atoms with Crippen LogP contribution in [0.4, 0.5) is 0 Å². The molecule has 2 aliphatic rings. The first-order chi connectivity index (χ1) is 21.9. The summed E-state index contributed by atoms with van der Waals surface area (Å²) in [7, 11) is 3.24. The van der Waals surface area contributed by atoms with Crippen molar-refractivity contribution in [3.8, 4) is 17.2 Å². The molecule has 1 aromatic heterocycles. The number of nitrogens with two attached hydrogens (primary N) is 1. The normalized spacial score (nSPS) is 19.7. The topological polar surface area (TPSA) is 129 Å². The highest BCUT2D eigenvalue weighted by Crippen LogP contribution is 2.41. The minimum atomic E-state index is -0.644. The maximum absolute atomic E-state index is 14.1. The van der Waals surface area contributed by atoms with Crippen molar-refractivity contribution in [1.82, 2.24) is 30.0 Å². The summed E-state index contributed by atoms with van der Waals surface area (Å²) < 4.78 is 12.7. The van der Waals surface area contributed by atoms with Gasteiger partial charge in [-0.2, -0.15) is 0 Å². The number of amides is 2. The maximum Gasteiger partial charge on any atom is 0.257 e. The van der Waals surface area contributed by atoms with Gasteiger partial charge < -0.3 is 25.0 Å². The number of piperidine rings is 1. The van der Waals surface area contributed by atoms with Crippen molar-refractivity contribution in [3.05, 3.63) is 95.8 Å². The van der Waals surface area contributed by atoms with Gasteiger partial charge in [-0.1, -0.05) is 42.5 Å². The third kappa shape index (κ3) is 5.87. The van der Waals surface area contributed by atoms with Crippen LogP contribution in [-0.2, 0) is 15.6 Å². The molecule has 3 aromatic carbocycles. The molecule has 1 atom stereocenters. The van der Waals surface area contributed by atoms with Crippen molar-refractivity contribution < 1.29 is 19.1 Å². The van der Waals surface area contributed by atoms with E-state index in [1.807, 2.05) is 53.4 Å². The van der Waals surface area contributed by atoms with Gasteiger partial charge in [0.15, 0.2) is 0 Å². The molecule has 6 rings (SSSR count). The van der Waals surface area contributed by atoms with Crippen LogP contribution >= 0.6 is 0 Å². The third-order valence-electron chi connectivity index (χ3n) is 9.76. The zero-order chi connectivity index (χ0) is 31.4. The molecule has 0 radical (unpaired) electrons. The molecule has 45 heavy (non-hydrogen) atoms. The molecule has 0 bridgehead atoms. The number of ether oxygens (including phenoxy) is 2. The molecule has 0 aliphatic carbocycles. The van der Waals surface area contributed by atoms with E-state index in [2.05, 4.69) is 32.6 Å². The highest BCUT2D eigenvalue weighted by Gasteiger charge is 2.44. The van der Waals surface area contributed by atoms with E-state index in [1.165, 1.54) is 11.0 Å². The Morgan fingerprint density at radius 2 is 1.67 bits per heavy atom. The Morgan fingerprint density at radius 3 is 2.36 bits per heavy atom. The Balaban J connectivity index is 1.22. The fourth-order valence-electron chi connectivity index (χ4n) is 7.00. The summed E-state index contributed by atoms with van der Waals surface area (Å²) in [5.74, 6) is 0.935. The second-order valence-corrected chi connectivity index (χ2v) is 12.0. The van der Waals surface area contributed by atoms with Gasteiger partial charge in [0.1, 0.15) is 17.8 Å². The molecule has 2 fully saturated rings. The number of benzene rings is 3. The van der Waals surface area contributed by atoms with Crippen LogP contribution in [0.3, 0.4) is 0 Å². The highest BCUT2D eigenvalue weighted by molar-refractivity contribution is 5.98. The zero-order valence-corrected chi connectivity index (χ0v) is 25.8. The number of likely N-dealkylation sites (tertiary alicyclic amines) is 2. The molecular formula is C34H39N7O4. The molecule has 11 heteroatoms. The summed E-state index contributed by atoms with van der Waals surface area (Å²) in [6.45, 7) is 3.54. The molecule has 0 spiro atoms. The van der Waals surface area contributed by atoms with Crippen molar-refractivity contribution in [1.29, 1.82) is 0 Å². The number of tetrazole rings is 1. The molecule has 11 nitrogen and oxygen atoms in total. The third-order valence-corrected chi connectivity index (χ3v) is 9.76. The lowest BCUT2D eigenvalue weighted by atomic mass is 9.71. The van der Waals surface area contributed by atoms with Gasteiger partial charge in [-0.3, -0.25) is 9.59 Å². The van der Waals surface area contributed by atoms with Crippen molar-refractivity contribution in [2.24, 2.45) is 5.73 Å². The minimum Gasteiger partial charge on any atom is -0.497 e. The standard InChI is InChI=1S/C34H39N7O4/c1-44-28-10-6-9-26(21-28)33(13-17-39-18-15-34(16-19-39,32(35)43)25-7-4-3-5-8-25)14-20-40(23-33)31(42)29-22-27(11-12-30(29)45-2)41-24-36-37-38-41/h3-12,21-22,24H,13-20,23H2,1-2H3,(H2,35,43). The highest BCUT2D eigenvalue weighted by atomic mass is 16.5. The number of aromatic nitrogens is 4. The Morgan fingerprint density at radius 1 is 0.889 bits per heavy atom. The van der Waals surface area contributed by atoms with Crippen molar-refractivity contribution in [2.45, 2.75) is 36.5 Å². The van der Waals surface area contributed by atoms with Crippen LogP contribution in [0.5, 0.6) is 11.5 Å². The van der Waals surface area contributed by atoms with E-state index >= 15 is 0 Å². The lowest BCUT2D eigenvalue weighted by Gasteiger charge is -2.41. The van der Waals surface area contributed by atoms with E-state index < -0.39 is 5.41 Å². The number of rotatable bonds is 10. The van der Waals surface area contributed by atoms with E-state index in [-0.39, 0.29) is 17.2 Å². The van der Waals surface area contributed by atoms with Crippen LogP contribution in [0.15, 0.2) is 79.1 Å². The second-order valence-electron chi connectivity index (χ2n) is 12.0. The number of nitrogens with zero attached hydrogens (tertiary/aromatic N) is 6. The monoisotopic (exact) mass is 609 g/mol. The average molecular weight is 610 g/mol. The van der Waals surface area contributed by atoms with Crippen LogP contribution in [0.2, 0.25) is 0 Å². The molecule has 0 saturated carbocycles. The van der Waals surface area contributed by atoms with Crippen molar-refractivity contribution in [2.75, 3.05) is 46.9 Å². The van der Waals surface area contributed by atoms with Crippen LogP contribution in [0.25, 0.3) is 5.69 Å². The zero-order valence-electron chi connectivity index (χ0n) is 25.8. The Kier molecular flexibility index (Phi) is 8.53. The molecule has 2 aliphatic heterocycles. The molecular weight excluding hydrogens is 570 g/mol. The van der Waals surface area contributed by atoms with Crippen LogP contribution in [0, 0.1) is 0 Å². The molecule has 2 amide bonds. The summed E-state index contributed by atoms with van der Waals surface area (Å²) in [5, 5.41) is 11.4. The van der Waals surface area contributed by atoms with E-state index in [9.17, 15) is 9.59 Å². The number of hydrogen-bond acceptors (Lipinski definition) is 8. The molecule has 3 heterocycles. The lowest BCUT2D eigenvalue weighted by Crippen LogP contribution is -2.50. The summed E-state index contributed by atoms with van der Waals surface area (Å²) in [6.07, 6.45) is 4.51. The number of hydrogen-bond donors (Lipinski definition) is 1. The first-order valence-corrected chi connectivity index (χ1v) is 15.3. The Bertz CT molecular complexity index is 1640. The maximum atomic E-state index is 14.1. The number of methoxy groups -OCH3 is 2. The largest absolute Gasteiger partial charge is 0.497 e. The minimum absolute atomic E-state index is 0.0985. The predicted molar refractivity (Wildman–Crippen MR) is 169 cm³/mol. The van der Waals surface area contributed by atoms with Gasteiger partial charge in [0.25, 0.3) is 5.91 Å². The van der Waals surface area contributed by atoms with Crippen molar-refractivity contribution in [3.63, 3.8) is 0 Å². The van der Waals surface area contributed by atoms with Crippen LogP contribution in [0.1, 0.15) is 47.2 Å². The van der Waals surface area contributed by atoms with Gasteiger partial charge in [-0.15, -0.1) is 5.10 Å². The second kappa shape index (κ2) is 12.7. The van der Waals surface area contributed by atoms with Crippen LogP contribution in [-0.4, -0.2) is 88.8 Å². The summed E-state index contributed by atoms with van der Waals surface area (Å²) in [6, 6.07) is 23.5. The molecule has 1 unspecified atom stereocenters. The average Bonchev–Trinajstić information content (AvgIpc) is 3.79. The molecule has 234 valence electrons. The van der Waals surface area contributed by atoms with E-state index in [4.69, 9.17) is 15.2 Å². The van der Waals surface area contributed by atoms with E-state index in [1.54, 1.807) is 26.4 Å². The molecule has 4 aromatic rings. The lowest BCUT2D eigenvalue weighted by molar-refractivity contribution is -0.125. The van der Waals surface area contributed by atoms with Gasteiger partial charge in [-0.25, -0.2) is 4.68 Å². The van der Waals surface area contributed by atoms with Crippen LogP contribution < -0.4 is 15.2 Å². The van der Waals surface area contributed by atoms with Gasteiger partial charge in [0.05, 0.1) is 30.9 Å². The quantitative estimate of drug-likeness (QED) is 0.290. The number of primary amides is 1. The first kappa shape index (κ1) is 30.3. The van der Waals surface area contributed by atoms with Crippen molar-refractivity contribution >= 4 is 11.8 Å². The van der Waals surface area contributed by atoms with E-state index in [0.717, 1.165) is 49.4 Å². The first-order valence-electron chi connectivity index (χ1n) is 15.3. The Labute approximate surface area is 262 Å². The fraction of sp³-hybridized carbons (Fsp3) is 0.382. The molecule has 2 saturated heterocycles. The molecule has 2 N–H and O–H groups in total. The van der Waals surface area contributed by atoms with E-state index in [0.29, 0.717) is 42.9 Å². The smallest absolute Gasteiger partial charge is 0.257 e. The van der Waals surface area contributed by atoms with Gasteiger partial charge >= 0.3 is 0 Å². The SMILES string of the molecule is COc1cccc(C2(CCN3CCC(C(N)=O)(c4ccccc4)CC3)CCN(C(=O)c3cc(-n4cnnn4)ccc3OC)C2)c1. The summed E-state index contributed by atoms with van der Waals surface area (Å²) >= 11 is 0. The fourth-order valence-corrected chi connectivity index (χ4v) is 7.00. The summed E-state index contributed by atoms with van der Waals surface area (Å²) in [5.41, 5.74) is 8.37.